The number of aromatic nitrogens is 2. The molecule has 1 rings (SSSR count). The Morgan fingerprint density at radius 2 is 2.21 bits per heavy atom. The molecule has 0 aliphatic carbocycles. The van der Waals surface area contributed by atoms with Crippen LogP contribution >= 0.6 is 0 Å². The molecule has 1 heterocycles. The van der Waals surface area contributed by atoms with Crippen LogP contribution in [0.4, 0.5) is 0 Å². The van der Waals surface area contributed by atoms with Gasteiger partial charge in [0, 0.05) is 31.8 Å². The maximum Gasteiger partial charge on any atom is 0.201 e. The first-order valence-electron chi connectivity index (χ1n) is 4.53. The number of carbonyl (C=O) groups excluding carboxylic acids is 2. The van der Waals surface area contributed by atoms with Gasteiger partial charge in [0.15, 0.2) is 5.82 Å². The van der Waals surface area contributed by atoms with Crippen molar-refractivity contribution in [2.24, 2.45) is 13.0 Å². The quantitative estimate of drug-likeness (QED) is 0.677. The lowest BCUT2D eigenvalue weighted by Gasteiger charge is -2.07. The molecule has 0 aliphatic rings. The van der Waals surface area contributed by atoms with Crippen LogP contribution in [0.2, 0.25) is 0 Å². The van der Waals surface area contributed by atoms with Gasteiger partial charge in [0.2, 0.25) is 5.78 Å². The number of Topliss-reactive ketones (excluding diaryl/α,β-unsaturated/α-hetero) is 2. The highest BCUT2D eigenvalue weighted by Crippen LogP contribution is 2.10. The van der Waals surface area contributed by atoms with Crippen LogP contribution in [0, 0.1) is 5.92 Å². The van der Waals surface area contributed by atoms with E-state index in [1.165, 1.54) is 6.92 Å². The Kier molecular flexibility index (Phi) is 3.17. The summed E-state index contributed by atoms with van der Waals surface area (Å²) < 4.78 is 1.67. The molecule has 0 unspecified atom stereocenters. The van der Waals surface area contributed by atoms with Crippen molar-refractivity contribution in [1.29, 1.82) is 0 Å². The summed E-state index contributed by atoms with van der Waals surface area (Å²) in [5.74, 6) is 0.0834. The molecule has 1 aromatic heterocycles. The minimum atomic E-state index is -0.284. The van der Waals surface area contributed by atoms with Crippen molar-refractivity contribution >= 4 is 11.6 Å². The largest absolute Gasteiger partial charge is 0.332 e. The number of ketones is 2. The maximum atomic E-state index is 11.7. The Bertz CT molecular complexity index is 355. The molecule has 14 heavy (non-hydrogen) atoms. The van der Waals surface area contributed by atoms with E-state index in [1.54, 1.807) is 30.9 Å². The Morgan fingerprint density at radius 3 is 2.64 bits per heavy atom. The Hall–Kier alpha value is -1.45. The van der Waals surface area contributed by atoms with E-state index in [-0.39, 0.29) is 23.9 Å². The van der Waals surface area contributed by atoms with Gasteiger partial charge >= 0.3 is 0 Å². The van der Waals surface area contributed by atoms with Gasteiger partial charge in [0.05, 0.1) is 0 Å². The Morgan fingerprint density at radius 1 is 1.57 bits per heavy atom. The zero-order valence-corrected chi connectivity index (χ0v) is 8.65. The van der Waals surface area contributed by atoms with Crippen LogP contribution < -0.4 is 0 Å². The molecule has 1 aromatic rings. The highest BCUT2D eigenvalue weighted by atomic mass is 16.1. The molecule has 0 spiro atoms. The van der Waals surface area contributed by atoms with Crippen LogP contribution in [-0.4, -0.2) is 21.1 Å². The normalized spacial score (nSPS) is 12.5. The molecule has 0 bridgehead atoms. The summed E-state index contributed by atoms with van der Waals surface area (Å²) in [6.45, 7) is 3.24. The summed E-state index contributed by atoms with van der Waals surface area (Å²) >= 11 is 0. The van der Waals surface area contributed by atoms with Gasteiger partial charge in [-0.2, -0.15) is 0 Å². The van der Waals surface area contributed by atoms with E-state index in [0.29, 0.717) is 5.82 Å². The second-order valence-corrected chi connectivity index (χ2v) is 3.53. The average Bonchev–Trinajstić information content (AvgIpc) is 2.48. The van der Waals surface area contributed by atoms with Gasteiger partial charge in [-0.15, -0.1) is 0 Å². The fraction of sp³-hybridized carbons (Fsp3) is 0.500. The first-order valence-corrected chi connectivity index (χ1v) is 4.53. The van der Waals surface area contributed by atoms with E-state index >= 15 is 0 Å². The van der Waals surface area contributed by atoms with Gasteiger partial charge in [-0.25, -0.2) is 4.98 Å². The van der Waals surface area contributed by atoms with E-state index in [0.717, 1.165) is 0 Å². The Labute approximate surface area is 82.9 Å². The van der Waals surface area contributed by atoms with Crippen molar-refractivity contribution in [3.63, 3.8) is 0 Å². The molecule has 0 N–H and O–H groups in total. The van der Waals surface area contributed by atoms with Crippen molar-refractivity contribution < 1.29 is 9.59 Å². The third-order valence-electron chi connectivity index (χ3n) is 2.08. The third kappa shape index (κ3) is 2.28. The second-order valence-electron chi connectivity index (χ2n) is 3.53. The topological polar surface area (TPSA) is 52.0 Å². The molecule has 0 radical (unpaired) electrons. The SMILES string of the molecule is CC(=O)C[C@@H](C)C(=O)c1nccn1C. The summed E-state index contributed by atoms with van der Waals surface area (Å²) in [6.07, 6.45) is 3.58. The van der Waals surface area contributed by atoms with Crippen molar-refractivity contribution in [3.05, 3.63) is 18.2 Å². The molecule has 4 heteroatoms. The van der Waals surface area contributed by atoms with Crippen molar-refractivity contribution in [2.45, 2.75) is 20.3 Å². The highest BCUT2D eigenvalue weighted by Gasteiger charge is 2.19. The summed E-state index contributed by atoms with van der Waals surface area (Å²) in [5, 5.41) is 0. The molecule has 0 fully saturated rings. The first-order chi connectivity index (χ1) is 6.52. The molecule has 76 valence electrons. The smallest absolute Gasteiger partial charge is 0.201 e. The molecule has 1 atom stereocenters. The molecule has 0 saturated carbocycles. The number of rotatable bonds is 4. The van der Waals surface area contributed by atoms with Gasteiger partial charge in [0.1, 0.15) is 5.78 Å². The molecule has 0 aromatic carbocycles. The van der Waals surface area contributed by atoms with Gasteiger partial charge in [-0.3, -0.25) is 4.79 Å². The Balaban J connectivity index is 2.76. The minimum absolute atomic E-state index is 0.0278. The zero-order chi connectivity index (χ0) is 10.7. The predicted molar refractivity (Wildman–Crippen MR) is 52.0 cm³/mol. The first kappa shape index (κ1) is 10.6. The van der Waals surface area contributed by atoms with E-state index in [1.807, 2.05) is 0 Å². The predicted octanol–water partition coefficient (Wildman–Crippen LogP) is 1.22. The van der Waals surface area contributed by atoms with Crippen LogP contribution in [-0.2, 0) is 11.8 Å². The number of hydrogen-bond acceptors (Lipinski definition) is 3. The van der Waals surface area contributed by atoms with Gasteiger partial charge < -0.3 is 9.36 Å². The van der Waals surface area contributed by atoms with Crippen molar-refractivity contribution in [3.8, 4) is 0 Å². The highest BCUT2D eigenvalue weighted by molar-refractivity contribution is 5.96. The van der Waals surface area contributed by atoms with Crippen molar-refractivity contribution in [2.75, 3.05) is 0 Å². The van der Waals surface area contributed by atoms with Crippen LogP contribution in [0.1, 0.15) is 30.9 Å². The third-order valence-corrected chi connectivity index (χ3v) is 2.08. The lowest BCUT2D eigenvalue weighted by Crippen LogP contribution is -2.18. The maximum absolute atomic E-state index is 11.7. The van der Waals surface area contributed by atoms with Crippen LogP contribution in [0.25, 0.3) is 0 Å². The summed E-state index contributed by atoms with van der Waals surface area (Å²) in [5.41, 5.74) is 0. The minimum Gasteiger partial charge on any atom is -0.332 e. The number of imidazole rings is 1. The standard InChI is InChI=1S/C10H14N2O2/c1-7(6-8(2)13)9(14)10-11-4-5-12(10)3/h4-5,7H,6H2,1-3H3/t7-/m1/s1. The van der Waals surface area contributed by atoms with Crippen LogP contribution in [0.15, 0.2) is 12.4 Å². The summed E-state index contributed by atoms with van der Waals surface area (Å²) in [7, 11) is 1.76. The number of carbonyl (C=O) groups is 2. The van der Waals surface area contributed by atoms with Gasteiger partial charge in [0.25, 0.3) is 0 Å². The number of hydrogen-bond donors (Lipinski definition) is 0. The molecular formula is C10H14N2O2. The van der Waals surface area contributed by atoms with Gasteiger partial charge in [-0.1, -0.05) is 6.92 Å². The van der Waals surface area contributed by atoms with E-state index in [4.69, 9.17) is 0 Å². The molecule has 0 aliphatic heterocycles. The van der Waals surface area contributed by atoms with Crippen LogP contribution in [0.3, 0.4) is 0 Å². The van der Waals surface area contributed by atoms with Gasteiger partial charge in [-0.05, 0) is 6.92 Å². The average molecular weight is 194 g/mol. The molecule has 0 amide bonds. The van der Waals surface area contributed by atoms with E-state index in [9.17, 15) is 9.59 Å². The lowest BCUT2D eigenvalue weighted by molar-refractivity contribution is -0.117. The summed E-state index contributed by atoms with van der Waals surface area (Å²) in [6, 6.07) is 0. The van der Waals surface area contributed by atoms with E-state index < -0.39 is 0 Å². The molecule has 0 saturated heterocycles. The monoisotopic (exact) mass is 194 g/mol. The van der Waals surface area contributed by atoms with Crippen molar-refractivity contribution in [1.82, 2.24) is 9.55 Å². The fourth-order valence-electron chi connectivity index (χ4n) is 1.35. The molecule has 4 nitrogen and oxygen atoms in total. The number of aryl methyl sites for hydroxylation is 1. The molecular weight excluding hydrogens is 180 g/mol. The zero-order valence-electron chi connectivity index (χ0n) is 8.65. The number of nitrogens with zero attached hydrogens (tertiary/aromatic N) is 2. The summed E-state index contributed by atoms with van der Waals surface area (Å²) in [4.78, 5) is 26.5. The fourth-order valence-corrected chi connectivity index (χ4v) is 1.35. The van der Waals surface area contributed by atoms with E-state index in [2.05, 4.69) is 4.98 Å². The second kappa shape index (κ2) is 4.17. The lowest BCUT2D eigenvalue weighted by atomic mass is 10.00. The van der Waals surface area contributed by atoms with Crippen LogP contribution in [0.5, 0.6) is 0 Å².